The number of nitrogens with one attached hydrogen (secondary N) is 1. The van der Waals surface area contributed by atoms with Gasteiger partial charge in [-0.05, 0) is 18.2 Å². The number of carbonyl (C=O) groups excluding carboxylic acids is 1. The number of hydrogen-bond acceptors (Lipinski definition) is 6. The van der Waals surface area contributed by atoms with Crippen molar-refractivity contribution in [3.05, 3.63) is 46.1 Å². The predicted octanol–water partition coefficient (Wildman–Crippen LogP) is 2.99. The lowest BCUT2D eigenvalue weighted by atomic mass is 10.1. The topological polar surface area (TPSA) is 81.9 Å². The van der Waals surface area contributed by atoms with Crippen LogP contribution >= 0.6 is 22.9 Å². The van der Waals surface area contributed by atoms with Gasteiger partial charge in [0.1, 0.15) is 17.3 Å². The smallest absolute Gasteiger partial charge is 0.275 e. The molecule has 9 heteroatoms. The van der Waals surface area contributed by atoms with E-state index in [1.807, 2.05) is 12.1 Å². The van der Waals surface area contributed by atoms with E-state index in [0.29, 0.717) is 33.2 Å². The summed E-state index contributed by atoms with van der Waals surface area (Å²) in [6.45, 7) is 0.359. The number of nitrogens with zero attached hydrogens (tertiary/aromatic N) is 4. The minimum Gasteiger partial charge on any atom is -0.377 e. The Morgan fingerprint density at radius 2 is 2.21 bits per heavy atom. The van der Waals surface area contributed by atoms with E-state index in [-0.39, 0.29) is 5.91 Å². The van der Waals surface area contributed by atoms with Crippen LogP contribution in [0, 0.1) is 0 Å². The number of methoxy groups -OCH3 is 1. The number of rotatable bonds is 5. The van der Waals surface area contributed by atoms with Gasteiger partial charge < -0.3 is 4.74 Å². The number of ether oxygens (including phenoxy) is 1. The highest BCUT2D eigenvalue weighted by molar-refractivity contribution is 7.15. The van der Waals surface area contributed by atoms with E-state index < -0.39 is 0 Å². The predicted molar refractivity (Wildman–Crippen MR) is 92.2 cm³/mol. The highest BCUT2D eigenvalue weighted by Crippen LogP contribution is 2.23. The van der Waals surface area contributed by atoms with Gasteiger partial charge in [0.15, 0.2) is 0 Å². The van der Waals surface area contributed by atoms with E-state index in [1.165, 1.54) is 16.0 Å². The molecule has 0 aliphatic rings. The second kappa shape index (κ2) is 7.08. The van der Waals surface area contributed by atoms with Crippen molar-refractivity contribution in [1.82, 2.24) is 20.0 Å². The molecule has 0 radical (unpaired) electrons. The van der Waals surface area contributed by atoms with E-state index in [4.69, 9.17) is 16.3 Å². The number of aromatic nitrogens is 4. The van der Waals surface area contributed by atoms with Crippen molar-refractivity contribution < 1.29 is 9.53 Å². The minimum atomic E-state index is -0.307. The monoisotopic (exact) mass is 363 g/mol. The molecule has 7 nitrogen and oxygen atoms in total. The Kier molecular flexibility index (Phi) is 4.89. The zero-order valence-corrected chi connectivity index (χ0v) is 14.6. The van der Waals surface area contributed by atoms with Crippen LogP contribution in [0.4, 0.5) is 5.13 Å². The first kappa shape index (κ1) is 16.6. The summed E-state index contributed by atoms with van der Waals surface area (Å²) in [4.78, 5) is 12.4. The molecular formula is C15H14ClN5O2S. The second-order valence-corrected chi connectivity index (χ2v) is 6.44. The Morgan fingerprint density at radius 3 is 2.96 bits per heavy atom. The Hall–Kier alpha value is -2.29. The molecule has 124 valence electrons. The quantitative estimate of drug-likeness (QED) is 0.753. The van der Waals surface area contributed by atoms with Crippen LogP contribution in [-0.2, 0) is 18.4 Å². The van der Waals surface area contributed by atoms with Crippen LogP contribution in [0.3, 0.4) is 0 Å². The Labute approximate surface area is 147 Å². The maximum atomic E-state index is 12.4. The van der Waals surface area contributed by atoms with Crippen molar-refractivity contribution in [2.45, 2.75) is 6.61 Å². The van der Waals surface area contributed by atoms with E-state index in [9.17, 15) is 4.79 Å². The van der Waals surface area contributed by atoms with Crippen LogP contribution in [-0.4, -0.2) is 33.0 Å². The van der Waals surface area contributed by atoms with Crippen molar-refractivity contribution >= 4 is 34.0 Å². The molecule has 2 heterocycles. The van der Waals surface area contributed by atoms with Crippen molar-refractivity contribution in [2.24, 2.45) is 7.05 Å². The number of amides is 1. The Balaban J connectivity index is 1.80. The molecule has 0 saturated carbocycles. The van der Waals surface area contributed by atoms with Crippen LogP contribution in [0.5, 0.6) is 0 Å². The lowest BCUT2D eigenvalue weighted by Crippen LogP contribution is -2.15. The molecule has 3 aromatic rings. The van der Waals surface area contributed by atoms with Gasteiger partial charge in [-0.15, -0.1) is 10.2 Å². The summed E-state index contributed by atoms with van der Waals surface area (Å²) >= 11 is 7.27. The number of aryl methyl sites for hydroxylation is 1. The summed E-state index contributed by atoms with van der Waals surface area (Å²) in [5, 5.41) is 16.6. The van der Waals surface area contributed by atoms with E-state index in [1.54, 1.807) is 32.4 Å². The number of benzene rings is 1. The maximum absolute atomic E-state index is 12.4. The van der Waals surface area contributed by atoms with E-state index in [0.717, 1.165) is 5.56 Å². The van der Waals surface area contributed by atoms with Gasteiger partial charge in [0, 0.05) is 24.7 Å². The van der Waals surface area contributed by atoms with Crippen molar-refractivity contribution in [3.63, 3.8) is 0 Å². The minimum absolute atomic E-state index is 0.307. The van der Waals surface area contributed by atoms with Crippen molar-refractivity contribution in [2.75, 3.05) is 12.4 Å². The first-order valence-electron chi connectivity index (χ1n) is 6.99. The van der Waals surface area contributed by atoms with Gasteiger partial charge in [0.25, 0.3) is 5.91 Å². The number of halogens is 1. The highest BCUT2D eigenvalue weighted by Gasteiger charge is 2.16. The zero-order chi connectivity index (χ0) is 17.1. The summed E-state index contributed by atoms with van der Waals surface area (Å²) in [5.41, 5.74) is 1.92. The average molecular weight is 364 g/mol. The number of anilines is 1. The molecule has 0 bridgehead atoms. The zero-order valence-electron chi connectivity index (χ0n) is 13.0. The Morgan fingerprint density at radius 1 is 1.38 bits per heavy atom. The summed E-state index contributed by atoms with van der Waals surface area (Å²) in [6.07, 6.45) is 0. The van der Waals surface area contributed by atoms with Gasteiger partial charge in [0.2, 0.25) is 5.13 Å². The third kappa shape index (κ3) is 3.61. The van der Waals surface area contributed by atoms with Crippen LogP contribution in [0.25, 0.3) is 11.3 Å². The van der Waals surface area contributed by atoms with Gasteiger partial charge >= 0.3 is 0 Å². The molecule has 1 aromatic carbocycles. The molecule has 0 saturated heterocycles. The van der Waals surface area contributed by atoms with Crippen molar-refractivity contribution in [1.29, 1.82) is 0 Å². The lowest BCUT2D eigenvalue weighted by Gasteiger charge is -2.00. The summed E-state index contributed by atoms with van der Waals surface area (Å²) in [5.74, 6) is -0.307. The molecule has 1 N–H and O–H groups in total. The molecule has 0 aliphatic carbocycles. The second-order valence-electron chi connectivity index (χ2n) is 4.94. The standard InChI is InChI=1S/C15H14ClN5O2S/c1-21-12(7-11(20-21)9-4-3-5-10(16)6-9)14(22)17-15-19-18-13(24-15)8-23-2/h3-7H,8H2,1-2H3,(H,17,19,22). The summed E-state index contributed by atoms with van der Waals surface area (Å²) < 4.78 is 6.50. The number of hydrogen-bond donors (Lipinski definition) is 1. The Bertz CT molecular complexity index is 876. The molecule has 0 spiro atoms. The van der Waals surface area contributed by atoms with E-state index >= 15 is 0 Å². The highest BCUT2D eigenvalue weighted by atomic mass is 35.5. The van der Waals surface area contributed by atoms with Gasteiger partial charge in [-0.3, -0.25) is 14.8 Å². The van der Waals surface area contributed by atoms with Crippen LogP contribution in [0.1, 0.15) is 15.5 Å². The summed E-state index contributed by atoms with van der Waals surface area (Å²) in [7, 11) is 3.28. The van der Waals surface area contributed by atoms with Gasteiger partial charge in [-0.2, -0.15) is 5.10 Å². The van der Waals surface area contributed by atoms with Crippen LogP contribution in [0.2, 0.25) is 5.02 Å². The fraction of sp³-hybridized carbons (Fsp3) is 0.200. The molecule has 0 aliphatic heterocycles. The molecular weight excluding hydrogens is 350 g/mol. The molecule has 0 unspecified atom stereocenters. The lowest BCUT2D eigenvalue weighted by molar-refractivity contribution is 0.101. The maximum Gasteiger partial charge on any atom is 0.275 e. The number of carbonyl (C=O) groups is 1. The average Bonchev–Trinajstić information content (AvgIpc) is 3.14. The third-order valence-corrected chi connectivity index (χ3v) is 4.24. The van der Waals surface area contributed by atoms with Crippen LogP contribution < -0.4 is 5.32 Å². The molecule has 1 amide bonds. The van der Waals surface area contributed by atoms with E-state index in [2.05, 4.69) is 20.6 Å². The molecule has 24 heavy (non-hydrogen) atoms. The molecule has 0 atom stereocenters. The van der Waals surface area contributed by atoms with Crippen LogP contribution in [0.15, 0.2) is 30.3 Å². The third-order valence-electron chi connectivity index (χ3n) is 3.19. The summed E-state index contributed by atoms with van der Waals surface area (Å²) in [6, 6.07) is 9.02. The normalized spacial score (nSPS) is 10.8. The first-order valence-corrected chi connectivity index (χ1v) is 8.19. The SMILES string of the molecule is COCc1nnc(NC(=O)c2cc(-c3cccc(Cl)c3)nn2C)s1. The van der Waals surface area contributed by atoms with Gasteiger partial charge in [0.05, 0.1) is 5.69 Å². The molecule has 0 fully saturated rings. The fourth-order valence-electron chi connectivity index (χ4n) is 2.12. The fourth-order valence-corrected chi connectivity index (χ4v) is 3.01. The van der Waals surface area contributed by atoms with Gasteiger partial charge in [-0.1, -0.05) is 35.1 Å². The molecule has 2 aromatic heterocycles. The first-order chi connectivity index (χ1) is 11.6. The van der Waals surface area contributed by atoms with Crippen molar-refractivity contribution in [3.8, 4) is 11.3 Å². The largest absolute Gasteiger partial charge is 0.377 e. The molecule has 3 rings (SSSR count). The van der Waals surface area contributed by atoms with Gasteiger partial charge in [-0.25, -0.2) is 0 Å².